The van der Waals surface area contributed by atoms with Crippen molar-refractivity contribution < 1.29 is 4.74 Å². The molecule has 0 saturated heterocycles. The van der Waals surface area contributed by atoms with E-state index in [0.29, 0.717) is 5.11 Å². The van der Waals surface area contributed by atoms with Crippen molar-refractivity contribution in [2.24, 2.45) is 0 Å². The summed E-state index contributed by atoms with van der Waals surface area (Å²) in [6, 6.07) is 5.90. The molecule has 0 aromatic heterocycles. The molecule has 3 nitrogen and oxygen atoms in total. The molecule has 0 saturated carbocycles. The maximum Gasteiger partial charge on any atom is 0.170 e. The topological polar surface area (TPSA) is 33.3 Å². The summed E-state index contributed by atoms with van der Waals surface area (Å²) < 4.78 is 7.24. The van der Waals surface area contributed by atoms with Gasteiger partial charge in [-0.3, -0.25) is 0 Å². The van der Waals surface area contributed by atoms with Gasteiger partial charge < -0.3 is 15.4 Å². The second-order valence-corrected chi connectivity index (χ2v) is 5.73. The molecule has 2 N–H and O–H groups in total. The van der Waals surface area contributed by atoms with Gasteiger partial charge in [-0.2, -0.15) is 0 Å². The number of rotatable bonds is 6. The predicted molar refractivity (Wildman–Crippen MR) is 87.2 cm³/mol. The molecule has 0 aliphatic carbocycles. The Morgan fingerprint density at radius 2 is 2.17 bits per heavy atom. The molecule has 0 bridgehead atoms. The highest BCUT2D eigenvalue weighted by Crippen LogP contribution is 2.25. The summed E-state index contributed by atoms with van der Waals surface area (Å²) in [6.07, 6.45) is 0.942. The van der Waals surface area contributed by atoms with E-state index in [9.17, 15) is 0 Å². The van der Waals surface area contributed by atoms with E-state index in [1.54, 1.807) is 0 Å². The van der Waals surface area contributed by atoms with Crippen molar-refractivity contribution in [2.75, 3.05) is 25.1 Å². The number of halogens is 2. The smallest absolute Gasteiger partial charge is 0.170 e. The first-order valence-corrected chi connectivity index (χ1v) is 7.70. The number of anilines is 1. The average Bonchev–Trinajstić information content (AvgIpc) is 2.32. The minimum absolute atomic E-state index is 0.620. The van der Waals surface area contributed by atoms with Crippen LogP contribution in [0.2, 0.25) is 0 Å². The van der Waals surface area contributed by atoms with Crippen molar-refractivity contribution in [1.29, 1.82) is 0 Å². The number of hydrogen-bond acceptors (Lipinski definition) is 2. The molecule has 0 aliphatic rings. The molecule has 0 unspecified atom stereocenters. The van der Waals surface area contributed by atoms with Crippen LogP contribution >= 0.6 is 44.1 Å². The Morgan fingerprint density at radius 1 is 1.39 bits per heavy atom. The first kappa shape index (κ1) is 15.9. The molecule has 0 heterocycles. The summed E-state index contributed by atoms with van der Waals surface area (Å²) >= 11 is 12.1. The van der Waals surface area contributed by atoms with Gasteiger partial charge in [0.1, 0.15) is 0 Å². The maximum absolute atomic E-state index is 5.25. The number of ether oxygens (including phenoxy) is 1. The van der Waals surface area contributed by atoms with E-state index in [4.69, 9.17) is 17.0 Å². The van der Waals surface area contributed by atoms with Crippen molar-refractivity contribution in [1.82, 2.24) is 5.32 Å². The molecular weight excluding hydrogens is 380 g/mol. The number of nitrogens with one attached hydrogen (secondary N) is 2. The maximum atomic E-state index is 5.25. The van der Waals surface area contributed by atoms with Crippen molar-refractivity contribution in [3.8, 4) is 0 Å². The van der Waals surface area contributed by atoms with Gasteiger partial charge in [0.25, 0.3) is 0 Å². The fourth-order valence-electron chi connectivity index (χ4n) is 1.28. The minimum Gasteiger partial charge on any atom is -0.382 e. The zero-order valence-electron chi connectivity index (χ0n) is 10.1. The molecule has 0 radical (unpaired) electrons. The summed E-state index contributed by atoms with van der Waals surface area (Å²) in [7, 11) is 0. The quantitative estimate of drug-likeness (QED) is 0.564. The molecule has 100 valence electrons. The molecule has 1 aromatic carbocycles. The summed E-state index contributed by atoms with van der Waals surface area (Å²) in [6.45, 7) is 4.31. The Morgan fingerprint density at radius 3 is 2.83 bits per heavy atom. The summed E-state index contributed by atoms with van der Waals surface area (Å²) in [5.74, 6) is 0. The number of hydrogen-bond donors (Lipinski definition) is 2. The van der Waals surface area contributed by atoms with E-state index in [-0.39, 0.29) is 0 Å². The van der Waals surface area contributed by atoms with E-state index >= 15 is 0 Å². The standard InChI is InChI=1S/C12H16Br2N2OS/c1-2-17-7-3-6-15-12(18)16-11-5-4-9(13)8-10(11)14/h4-5,8H,2-3,6-7H2,1H3,(H2,15,16,18). The van der Waals surface area contributed by atoms with Gasteiger partial charge in [-0.05, 0) is 59.7 Å². The van der Waals surface area contributed by atoms with Gasteiger partial charge in [-0.15, -0.1) is 0 Å². The highest BCUT2D eigenvalue weighted by Gasteiger charge is 2.02. The lowest BCUT2D eigenvalue weighted by atomic mass is 10.3. The third-order valence-corrected chi connectivity index (χ3v) is 3.53. The largest absolute Gasteiger partial charge is 0.382 e. The van der Waals surface area contributed by atoms with Gasteiger partial charge in [-0.1, -0.05) is 15.9 Å². The number of benzene rings is 1. The first-order valence-electron chi connectivity index (χ1n) is 5.71. The van der Waals surface area contributed by atoms with E-state index < -0.39 is 0 Å². The normalized spacial score (nSPS) is 10.2. The van der Waals surface area contributed by atoms with Crippen molar-refractivity contribution in [3.63, 3.8) is 0 Å². The molecule has 0 aliphatic heterocycles. The van der Waals surface area contributed by atoms with Crippen molar-refractivity contribution in [2.45, 2.75) is 13.3 Å². The van der Waals surface area contributed by atoms with Gasteiger partial charge in [0.15, 0.2) is 5.11 Å². The molecular formula is C12H16Br2N2OS. The zero-order chi connectivity index (χ0) is 13.4. The van der Waals surface area contributed by atoms with Gasteiger partial charge >= 0.3 is 0 Å². The average molecular weight is 396 g/mol. The molecule has 1 aromatic rings. The first-order chi connectivity index (χ1) is 8.63. The molecule has 6 heteroatoms. The lowest BCUT2D eigenvalue weighted by molar-refractivity contribution is 0.146. The van der Waals surface area contributed by atoms with Crippen LogP contribution in [0, 0.1) is 0 Å². The fraction of sp³-hybridized carbons (Fsp3) is 0.417. The second kappa shape index (κ2) is 8.85. The van der Waals surface area contributed by atoms with Crippen LogP contribution < -0.4 is 10.6 Å². The molecule has 1 rings (SSSR count). The highest BCUT2D eigenvalue weighted by atomic mass is 79.9. The van der Waals surface area contributed by atoms with Gasteiger partial charge in [0.05, 0.1) is 5.69 Å². The SMILES string of the molecule is CCOCCCNC(=S)Nc1ccc(Br)cc1Br. The third-order valence-electron chi connectivity index (χ3n) is 2.13. The Hall–Kier alpha value is -0.170. The highest BCUT2D eigenvalue weighted by molar-refractivity contribution is 9.11. The predicted octanol–water partition coefficient (Wildman–Crippen LogP) is 3.92. The van der Waals surface area contributed by atoms with Crippen molar-refractivity contribution >= 4 is 54.9 Å². The Labute approximate surface area is 130 Å². The zero-order valence-corrected chi connectivity index (χ0v) is 14.1. The molecule has 0 spiro atoms. The Bertz CT molecular complexity index is 402. The van der Waals surface area contributed by atoms with Crippen LogP contribution in [0.4, 0.5) is 5.69 Å². The second-order valence-electron chi connectivity index (χ2n) is 3.56. The molecule has 0 atom stereocenters. The van der Waals surface area contributed by atoms with E-state index in [2.05, 4.69) is 42.5 Å². The molecule has 18 heavy (non-hydrogen) atoms. The lowest BCUT2D eigenvalue weighted by Crippen LogP contribution is -2.29. The Balaban J connectivity index is 2.31. The summed E-state index contributed by atoms with van der Waals surface area (Å²) in [5, 5.41) is 6.90. The summed E-state index contributed by atoms with van der Waals surface area (Å²) in [4.78, 5) is 0. The van der Waals surface area contributed by atoms with Crippen LogP contribution in [-0.4, -0.2) is 24.9 Å². The van der Waals surface area contributed by atoms with Crippen LogP contribution in [0.15, 0.2) is 27.1 Å². The fourth-order valence-corrected chi connectivity index (χ4v) is 2.64. The summed E-state index contributed by atoms with van der Waals surface area (Å²) in [5.41, 5.74) is 0.945. The van der Waals surface area contributed by atoms with Crippen LogP contribution in [0.25, 0.3) is 0 Å². The van der Waals surface area contributed by atoms with Gasteiger partial charge in [-0.25, -0.2) is 0 Å². The van der Waals surface area contributed by atoms with Gasteiger partial charge in [0.2, 0.25) is 0 Å². The van der Waals surface area contributed by atoms with Crippen LogP contribution in [0.5, 0.6) is 0 Å². The number of thiocarbonyl (C=S) groups is 1. The minimum atomic E-state index is 0.620. The monoisotopic (exact) mass is 394 g/mol. The van der Waals surface area contributed by atoms with Crippen molar-refractivity contribution in [3.05, 3.63) is 27.1 Å². The Kier molecular flexibility index (Phi) is 7.81. The van der Waals surface area contributed by atoms with E-state index in [1.807, 2.05) is 25.1 Å². The molecule has 0 amide bonds. The lowest BCUT2D eigenvalue weighted by Gasteiger charge is -2.12. The van der Waals surface area contributed by atoms with Gasteiger partial charge in [0, 0.05) is 28.7 Å². The van der Waals surface area contributed by atoms with E-state index in [1.165, 1.54) is 0 Å². The van der Waals surface area contributed by atoms with Crippen LogP contribution in [-0.2, 0) is 4.74 Å². The molecule has 0 fully saturated rings. The third kappa shape index (κ3) is 6.13. The van der Waals surface area contributed by atoms with Crippen LogP contribution in [0.1, 0.15) is 13.3 Å². The van der Waals surface area contributed by atoms with E-state index in [0.717, 1.165) is 40.8 Å². The van der Waals surface area contributed by atoms with Crippen LogP contribution in [0.3, 0.4) is 0 Å².